The highest BCUT2D eigenvalue weighted by molar-refractivity contribution is 5.73. The van der Waals surface area contributed by atoms with Gasteiger partial charge in [-0.2, -0.15) is 13.2 Å². The molecule has 0 saturated carbocycles. The number of carbonyl (C=O) groups excluding carboxylic acids is 1. The van der Waals surface area contributed by atoms with Crippen molar-refractivity contribution >= 4 is 6.03 Å². The molecule has 0 saturated heterocycles. The van der Waals surface area contributed by atoms with E-state index in [0.717, 1.165) is 12.1 Å². The topological polar surface area (TPSA) is 50.4 Å². The lowest BCUT2D eigenvalue weighted by molar-refractivity contribution is -0.137. The van der Waals surface area contributed by atoms with Crippen molar-refractivity contribution in [3.63, 3.8) is 0 Å². The summed E-state index contributed by atoms with van der Waals surface area (Å²) in [6.07, 6.45) is -3.89. The molecule has 0 aliphatic heterocycles. The number of halogens is 4. The van der Waals surface area contributed by atoms with Gasteiger partial charge in [0.05, 0.1) is 12.2 Å². The highest BCUT2D eigenvalue weighted by atomic mass is 19.4. The first-order valence-electron chi connectivity index (χ1n) is 7.91. The summed E-state index contributed by atoms with van der Waals surface area (Å²) in [5.41, 5.74) is -0.398. The summed E-state index contributed by atoms with van der Waals surface area (Å²) in [6.45, 7) is 0.650. The monoisotopic (exact) mass is 370 g/mol. The molecule has 8 heteroatoms. The van der Waals surface area contributed by atoms with Crippen LogP contribution in [0.3, 0.4) is 0 Å². The second-order valence-corrected chi connectivity index (χ2v) is 5.46. The molecule has 2 amide bonds. The highest BCUT2D eigenvalue weighted by Crippen LogP contribution is 2.29. The Morgan fingerprint density at radius 1 is 1.04 bits per heavy atom. The number of ether oxygens (including phenoxy) is 1. The summed E-state index contributed by atoms with van der Waals surface area (Å²) < 4.78 is 56.0. The van der Waals surface area contributed by atoms with Gasteiger partial charge in [-0.25, -0.2) is 9.18 Å². The molecule has 0 fully saturated rings. The van der Waals surface area contributed by atoms with Crippen LogP contribution in [0.25, 0.3) is 0 Å². The van der Waals surface area contributed by atoms with Gasteiger partial charge in [-0.3, -0.25) is 0 Å². The van der Waals surface area contributed by atoms with Crippen LogP contribution in [0.1, 0.15) is 17.5 Å². The number of benzene rings is 2. The second-order valence-electron chi connectivity index (χ2n) is 5.46. The molecule has 0 heterocycles. The van der Waals surface area contributed by atoms with Crippen molar-refractivity contribution in [2.75, 3.05) is 13.2 Å². The fourth-order valence-electron chi connectivity index (χ4n) is 2.10. The highest BCUT2D eigenvalue weighted by Gasteiger charge is 2.30. The van der Waals surface area contributed by atoms with Crippen LogP contribution >= 0.6 is 0 Å². The van der Waals surface area contributed by atoms with Crippen LogP contribution in [-0.4, -0.2) is 19.2 Å². The quantitative estimate of drug-likeness (QED) is 0.569. The molecule has 0 spiro atoms. The van der Waals surface area contributed by atoms with Gasteiger partial charge in [0, 0.05) is 13.1 Å². The third-order valence-corrected chi connectivity index (χ3v) is 3.40. The molecule has 0 aliphatic carbocycles. The Balaban J connectivity index is 1.64. The molecule has 0 aromatic heterocycles. The first-order valence-corrected chi connectivity index (χ1v) is 7.91. The summed E-state index contributed by atoms with van der Waals surface area (Å²) in [6, 6.07) is 9.88. The Bertz CT molecular complexity index is 718. The Kier molecular flexibility index (Phi) is 6.82. The predicted octanol–water partition coefficient (Wildman–Crippen LogP) is 4.11. The standard InChI is InChI=1S/C18H18F4N2O2/c19-15-5-7-16(8-6-15)26-10-2-9-23-17(25)24-12-13-3-1-4-14(11-13)18(20,21)22/h1,3-8,11H,2,9-10,12H2,(H2,23,24,25). The van der Waals surface area contributed by atoms with E-state index in [1.807, 2.05) is 0 Å². The third-order valence-electron chi connectivity index (χ3n) is 3.40. The number of alkyl halides is 3. The number of amides is 2. The van der Waals surface area contributed by atoms with Crippen LogP contribution in [0.5, 0.6) is 5.75 Å². The van der Waals surface area contributed by atoms with Gasteiger partial charge in [0.25, 0.3) is 0 Å². The minimum Gasteiger partial charge on any atom is -0.494 e. The first kappa shape index (κ1) is 19.6. The van der Waals surface area contributed by atoms with E-state index >= 15 is 0 Å². The molecule has 26 heavy (non-hydrogen) atoms. The zero-order valence-corrected chi connectivity index (χ0v) is 13.8. The van der Waals surface area contributed by atoms with Gasteiger partial charge in [0.15, 0.2) is 0 Å². The maximum atomic E-state index is 12.7. The smallest absolute Gasteiger partial charge is 0.416 e. The Morgan fingerprint density at radius 3 is 2.46 bits per heavy atom. The fourth-order valence-corrected chi connectivity index (χ4v) is 2.10. The molecule has 0 unspecified atom stereocenters. The zero-order chi connectivity index (χ0) is 19.0. The van der Waals surface area contributed by atoms with Gasteiger partial charge in [-0.15, -0.1) is 0 Å². The lowest BCUT2D eigenvalue weighted by Crippen LogP contribution is -2.36. The van der Waals surface area contributed by atoms with Crippen LogP contribution in [0.2, 0.25) is 0 Å². The lowest BCUT2D eigenvalue weighted by atomic mass is 10.1. The molecule has 0 atom stereocenters. The average molecular weight is 370 g/mol. The maximum Gasteiger partial charge on any atom is 0.416 e. The molecule has 2 rings (SSSR count). The van der Waals surface area contributed by atoms with E-state index in [2.05, 4.69) is 10.6 Å². The molecule has 140 valence electrons. The number of urea groups is 1. The average Bonchev–Trinajstić information content (AvgIpc) is 2.61. The van der Waals surface area contributed by atoms with Gasteiger partial charge in [0.2, 0.25) is 0 Å². The summed E-state index contributed by atoms with van der Waals surface area (Å²) >= 11 is 0. The van der Waals surface area contributed by atoms with E-state index in [1.165, 1.54) is 36.4 Å². The van der Waals surface area contributed by atoms with Crippen molar-refractivity contribution in [3.05, 3.63) is 65.5 Å². The molecule has 2 N–H and O–H groups in total. The third kappa shape index (κ3) is 6.62. The van der Waals surface area contributed by atoms with Gasteiger partial charge in [-0.05, 0) is 48.4 Å². The number of hydrogen-bond donors (Lipinski definition) is 2. The largest absolute Gasteiger partial charge is 0.494 e. The Morgan fingerprint density at radius 2 is 1.77 bits per heavy atom. The van der Waals surface area contributed by atoms with Gasteiger partial charge < -0.3 is 15.4 Å². The summed E-state index contributed by atoms with van der Waals surface area (Å²) in [7, 11) is 0. The SMILES string of the molecule is O=C(NCCCOc1ccc(F)cc1)NCc1cccc(C(F)(F)F)c1. The van der Waals surface area contributed by atoms with Crippen LogP contribution < -0.4 is 15.4 Å². The lowest BCUT2D eigenvalue weighted by Gasteiger charge is -2.11. The number of rotatable bonds is 7. The molecular formula is C18H18F4N2O2. The summed E-state index contributed by atoms with van der Waals surface area (Å²) in [5, 5.41) is 5.07. The Hall–Kier alpha value is -2.77. The zero-order valence-electron chi connectivity index (χ0n) is 13.8. The minimum absolute atomic E-state index is 0.0121. The van der Waals surface area contributed by atoms with E-state index in [0.29, 0.717) is 30.9 Å². The van der Waals surface area contributed by atoms with Crippen molar-refractivity contribution in [3.8, 4) is 5.75 Å². The fraction of sp³-hybridized carbons (Fsp3) is 0.278. The molecule has 0 aliphatic rings. The second kappa shape index (κ2) is 9.07. The maximum absolute atomic E-state index is 12.7. The minimum atomic E-state index is -4.41. The van der Waals surface area contributed by atoms with E-state index in [4.69, 9.17) is 4.74 Å². The first-order chi connectivity index (χ1) is 12.3. The van der Waals surface area contributed by atoms with Crippen LogP contribution in [0, 0.1) is 5.82 Å². The van der Waals surface area contributed by atoms with Crippen LogP contribution in [0.4, 0.5) is 22.4 Å². The molecular weight excluding hydrogens is 352 g/mol. The molecule has 2 aromatic rings. The predicted molar refractivity (Wildman–Crippen MR) is 88.2 cm³/mol. The summed E-state index contributed by atoms with van der Waals surface area (Å²) in [4.78, 5) is 11.6. The molecule has 0 radical (unpaired) electrons. The molecule has 4 nitrogen and oxygen atoms in total. The van der Waals surface area contributed by atoms with Crippen LogP contribution in [-0.2, 0) is 12.7 Å². The van der Waals surface area contributed by atoms with Gasteiger partial charge in [0.1, 0.15) is 11.6 Å². The van der Waals surface area contributed by atoms with E-state index < -0.39 is 17.8 Å². The van der Waals surface area contributed by atoms with Crippen molar-refractivity contribution in [2.24, 2.45) is 0 Å². The number of nitrogens with one attached hydrogen (secondary N) is 2. The van der Waals surface area contributed by atoms with Crippen molar-refractivity contribution in [1.29, 1.82) is 0 Å². The molecule has 0 bridgehead atoms. The van der Waals surface area contributed by atoms with E-state index in [1.54, 1.807) is 0 Å². The van der Waals surface area contributed by atoms with Crippen molar-refractivity contribution in [2.45, 2.75) is 19.1 Å². The normalized spacial score (nSPS) is 11.1. The van der Waals surface area contributed by atoms with E-state index in [9.17, 15) is 22.4 Å². The van der Waals surface area contributed by atoms with E-state index in [-0.39, 0.29) is 12.4 Å². The van der Waals surface area contributed by atoms with Gasteiger partial charge in [-0.1, -0.05) is 12.1 Å². The number of hydrogen-bond acceptors (Lipinski definition) is 2. The van der Waals surface area contributed by atoms with Crippen LogP contribution in [0.15, 0.2) is 48.5 Å². The number of carbonyl (C=O) groups is 1. The molecule has 2 aromatic carbocycles. The Labute approximate surface area is 148 Å². The van der Waals surface area contributed by atoms with Crippen molar-refractivity contribution in [1.82, 2.24) is 10.6 Å². The van der Waals surface area contributed by atoms with Crippen molar-refractivity contribution < 1.29 is 27.1 Å². The summed E-state index contributed by atoms with van der Waals surface area (Å²) in [5.74, 6) is 0.178. The van der Waals surface area contributed by atoms with Gasteiger partial charge >= 0.3 is 12.2 Å².